The van der Waals surface area contributed by atoms with Crippen LogP contribution in [0.15, 0.2) is 72.8 Å². The second-order valence-electron chi connectivity index (χ2n) is 8.74. The van der Waals surface area contributed by atoms with Crippen LogP contribution in [0.3, 0.4) is 0 Å². The predicted octanol–water partition coefficient (Wildman–Crippen LogP) is 3.36. The maximum Gasteiger partial charge on any atom is 0.308 e. The average molecular weight is 437 g/mol. The predicted molar refractivity (Wildman–Crippen MR) is 119 cm³/mol. The molecule has 0 saturated carbocycles. The summed E-state index contributed by atoms with van der Waals surface area (Å²) in [7, 11) is 0. The number of anilines is 1. The Morgan fingerprint density at radius 3 is 2.00 bits per heavy atom. The number of esters is 1. The van der Waals surface area contributed by atoms with Gasteiger partial charge in [0, 0.05) is 12.8 Å². The molecule has 0 spiro atoms. The van der Waals surface area contributed by atoms with Gasteiger partial charge in [-0.3, -0.25) is 14.4 Å². The van der Waals surface area contributed by atoms with Crippen LogP contribution in [-0.4, -0.2) is 24.1 Å². The lowest BCUT2D eigenvalue weighted by molar-refractivity contribution is -0.132. The lowest BCUT2D eigenvalue weighted by atomic mass is 9.48. The molecule has 1 heterocycles. The highest BCUT2D eigenvalue weighted by atomic mass is 16.5. The van der Waals surface area contributed by atoms with E-state index < -0.39 is 23.2 Å². The lowest BCUT2D eigenvalue weighted by Crippen LogP contribution is -2.54. The van der Waals surface area contributed by atoms with Crippen molar-refractivity contribution >= 4 is 29.8 Å². The molecule has 162 valence electrons. The zero-order valence-electron chi connectivity index (χ0n) is 17.7. The van der Waals surface area contributed by atoms with E-state index in [0.717, 1.165) is 28.5 Å². The third-order valence-electron chi connectivity index (χ3n) is 7.23. The Morgan fingerprint density at radius 1 is 0.879 bits per heavy atom. The van der Waals surface area contributed by atoms with Gasteiger partial charge in [-0.15, -0.1) is 0 Å². The lowest BCUT2D eigenvalue weighted by Gasteiger charge is -2.51. The van der Waals surface area contributed by atoms with E-state index >= 15 is 0 Å². The van der Waals surface area contributed by atoms with Crippen molar-refractivity contribution in [2.24, 2.45) is 11.8 Å². The van der Waals surface area contributed by atoms with Crippen molar-refractivity contribution in [1.82, 2.24) is 0 Å². The van der Waals surface area contributed by atoms with Crippen LogP contribution in [0.4, 0.5) is 5.69 Å². The molecule has 3 aliphatic carbocycles. The van der Waals surface area contributed by atoms with Crippen molar-refractivity contribution in [1.29, 1.82) is 0 Å². The fourth-order valence-electron chi connectivity index (χ4n) is 6.11. The molecule has 6 heteroatoms. The Hall–Kier alpha value is -4.06. The molecule has 2 bridgehead atoms. The van der Waals surface area contributed by atoms with Crippen molar-refractivity contribution in [2.75, 3.05) is 4.90 Å². The van der Waals surface area contributed by atoms with E-state index in [1.807, 2.05) is 48.5 Å². The molecule has 1 aliphatic heterocycles. The molecule has 3 aromatic rings. The highest BCUT2D eigenvalue weighted by Crippen LogP contribution is 2.63. The van der Waals surface area contributed by atoms with E-state index in [0.29, 0.717) is 11.4 Å². The van der Waals surface area contributed by atoms with Crippen LogP contribution in [0.1, 0.15) is 35.1 Å². The second kappa shape index (κ2) is 6.72. The average Bonchev–Trinajstić information content (AvgIpc) is 3.10. The van der Waals surface area contributed by atoms with Crippen molar-refractivity contribution in [3.63, 3.8) is 0 Å². The van der Waals surface area contributed by atoms with Gasteiger partial charge in [0.1, 0.15) is 12.0 Å². The quantitative estimate of drug-likeness (QED) is 0.272. The van der Waals surface area contributed by atoms with Gasteiger partial charge < -0.3 is 9.53 Å². The molecular weight excluding hydrogens is 418 g/mol. The third-order valence-corrected chi connectivity index (χ3v) is 7.23. The summed E-state index contributed by atoms with van der Waals surface area (Å²) in [5.74, 6) is -2.61. The van der Waals surface area contributed by atoms with Gasteiger partial charge in [0.05, 0.1) is 22.9 Å². The maximum atomic E-state index is 13.8. The minimum atomic E-state index is -1.22. The van der Waals surface area contributed by atoms with E-state index in [4.69, 9.17) is 4.74 Å². The molecule has 7 rings (SSSR count). The summed E-state index contributed by atoms with van der Waals surface area (Å²) >= 11 is 0. The van der Waals surface area contributed by atoms with E-state index in [9.17, 15) is 19.2 Å². The number of amides is 2. The topological polar surface area (TPSA) is 80.8 Å². The monoisotopic (exact) mass is 437 g/mol. The van der Waals surface area contributed by atoms with Crippen molar-refractivity contribution < 1.29 is 23.9 Å². The van der Waals surface area contributed by atoms with Crippen molar-refractivity contribution in [2.45, 2.75) is 18.3 Å². The summed E-state index contributed by atoms with van der Waals surface area (Å²) < 4.78 is 5.07. The smallest absolute Gasteiger partial charge is 0.308 e. The Kier molecular flexibility index (Phi) is 3.99. The number of carbonyl (C=O) groups is 4. The molecule has 2 atom stereocenters. The highest BCUT2D eigenvalue weighted by Gasteiger charge is 2.68. The minimum Gasteiger partial charge on any atom is -0.427 e. The van der Waals surface area contributed by atoms with Crippen LogP contribution in [-0.2, 0) is 24.6 Å². The van der Waals surface area contributed by atoms with Crippen molar-refractivity contribution in [3.05, 3.63) is 95.1 Å². The van der Waals surface area contributed by atoms with Gasteiger partial charge in [-0.2, -0.15) is 0 Å². The zero-order chi connectivity index (χ0) is 22.9. The molecule has 4 aliphatic rings. The molecule has 1 fully saturated rings. The summed E-state index contributed by atoms with van der Waals surface area (Å²) in [6, 6.07) is 21.5. The molecule has 1 unspecified atom stereocenters. The van der Waals surface area contributed by atoms with Crippen LogP contribution in [0.25, 0.3) is 0 Å². The Morgan fingerprint density at radius 2 is 1.45 bits per heavy atom. The molecule has 2 amide bonds. The van der Waals surface area contributed by atoms with Crippen LogP contribution >= 0.6 is 0 Å². The maximum absolute atomic E-state index is 13.8. The van der Waals surface area contributed by atoms with Gasteiger partial charge in [-0.1, -0.05) is 48.5 Å². The molecular formula is C27H19NO5. The molecule has 6 nitrogen and oxygen atoms in total. The van der Waals surface area contributed by atoms with E-state index in [-0.39, 0.29) is 17.7 Å². The fraction of sp³-hybridized carbons (Fsp3) is 0.185. The normalized spacial score (nSPS) is 26.5. The van der Waals surface area contributed by atoms with Gasteiger partial charge in [0.15, 0.2) is 0 Å². The number of hydrogen-bond donors (Lipinski definition) is 0. The molecule has 0 N–H and O–H groups in total. The fourth-order valence-corrected chi connectivity index (χ4v) is 6.11. The Labute approximate surface area is 189 Å². The number of aldehydes is 1. The van der Waals surface area contributed by atoms with Gasteiger partial charge in [-0.05, 0) is 46.5 Å². The first-order chi connectivity index (χ1) is 16.0. The highest BCUT2D eigenvalue weighted by molar-refractivity contribution is 6.24. The SMILES string of the molecule is CC(=O)Oc1ccc(N2C(=O)C3[C@H](C2=O)C2c4ccccc4C3(C=O)c3ccccc32)cc1. The number of benzene rings is 3. The number of rotatable bonds is 3. The van der Waals surface area contributed by atoms with E-state index in [1.54, 1.807) is 24.3 Å². The van der Waals surface area contributed by atoms with Crippen molar-refractivity contribution in [3.8, 4) is 5.75 Å². The molecule has 0 radical (unpaired) electrons. The Balaban J connectivity index is 1.53. The van der Waals surface area contributed by atoms with Crippen LogP contribution in [0.5, 0.6) is 5.75 Å². The molecule has 3 aromatic carbocycles. The van der Waals surface area contributed by atoms with Gasteiger partial charge >= 0.3 is 5.97 Å². The summed E-state index contributed by atoms with van der Waals surface area (Å²) in [6.45, 7) is 1.30. The Bertz CT molecular complexity index is 1310. The second-order valence-corrected chi connectivity index (χ2v) is 8.74. The number of nitrogens with zero attached hydrogens (tertiary/aromatic N) is 1. The first-order valence-electron chi connectivity index (χ1n) is 10.8. The van der Waals surface area contributed by atoms with Crippen LogP contribution in [0.2, 0.25) is 0 Å². The number of ether oxygens (including phenoxy) is 1. The summed E-state index contributed by atoms with van der Waals surface area (Å²) in [5.41, 5.74) is 2.64. The third kappa shape index (κ3) is 2.38. The standard InChI is InChI=1S/C27H19NO5/c1-15(30)33-17-12-10-16(11-13-17)28-25(31)23-22-18-6-2-4-8-20(18)27(14-29,24(23)26(28)32)21-9-5-3-7-19(21)22/h2-14,22-24H,1H3/t22?,23-,24?,27?/m1/s1. The molecule has 0 aromatic heterocycles. The van der Waals surface area contributed by atoms with Gasteiger partial charge in [0.2, 0.25) is 11.8 Å². The molecule has 33 heavy (non-hydrogen) atoms. The summed E-state index contributed by atoms with van der Waals surface area (Å²) in [6.07, 6.45) is 0.857. The number of carbonyl (C=O) groups excluding carboxylic acids is 4. The summed E-state index contributed by atoms with van der Waals surface area (Å²) in [5, 5.41) is 0. The van der Waals surface area contributed by atoms with Crippen LogP contribution < -0.4 is 9.64 Å². The van der Waals surface area contributed by atoms with Crippen LogP contribution in [0, 0.1) is 11.8 Å². The summed E-state index contributed by atoms with van der Waals surface area (Å²) in [4.78, 5) is 53.0. The van der Waals surface area contributed by atoms with E-state index in [1.165, 1.54) is 11.8 Å². The van der Waals surface area contributed by atoms with Gasteiger partial charge in [-0.25, -0.2) is 4.90 Å². The van der Waals surface area contributed by atoms with Gasteiger partial charge in [0.25, 0.3) is 0 Å². The molecule has 1 saturated heterocycles. The number of hydrogen-bond acceptors (Lipinski definition) is 5. The largest absolute Gasteiger partial charge is 0.427 e. The minimum absolute atomic E-state index is 0.300. The first kappa shape index (κ1) is 19.6. The zero-order valence-corrected chi connectivity index (χ0v) is 17.7. The number of imide groups is 1. The van der Waals surface area contributed by atoms with E-state index in [2.05, 4.69) is 0 Å². The first-order valence-corrected chi connectivity index (χ1v) is 10.8.